The van der Waals surface area contributed by atoms with Crippen LogP contribution < -0.4 is 0 Å². The number of aromatic nitrogens is 1. The number of amides is 2. The summed E-state index contributed by atoms with van der Waals surface area (Å²) in [5, 5.41) is 1.05. The fraction of sp³-hybridized carbons (Fsp3) is 0.276. The van der Waals surface area contributed by atoms with Crippen molar-refractivity contribution < 1.29 is 31.1 Å². The topological polar surface area (TPSA) is 28.5 Å². The first-order valence-corrected chi connectivity index (χ1v) is 12.5. The van der Waals surface area contributed by atoms with Crippen LogP contribution in [-0.4, -0.2) is 33.5 Å². The Labute approximate surface area is 220 Å². The Bertz CT molecular complexity index is 1540. The molecule has 2 aliphatic rings. The molecule has 1 aromatic heterocycles. The van der Waals surface area contributed by atoms with Crippen molar-refractivity contribution in [3.63, 3.8) is 0 Å². The number of rotatable bonds is 4. The molecule has 0 N–H and O–H groups in total. The molecule has 10 heteroatoms. The highest BCUT2D eigenvalue weighted by atomic mass is 19.4. The number of para-hydroxylation sites is 1. The summed E-state index contributed by atoms with van der Waals surface area (Å²) in [4.78, 5) is 16.8. The lowest BCUT2D eigenvalue weighted by Gasteiger charge is -2.30. The number of hydrogen-bond donors (Lipinski definition) is 0. The zero-order valence-electron chi connectivity index (χ0n) is 20.6. The van der Waals surface area contributed by atoms with E-state index in [1.165, 1.54) is 24.3 Å². The monoisotopic (exact) mass is 543 g/mol. The molecule has 39 heavy (non-hydrogen) atoms. The van der Waals surface area contributed by atoms with Crippen molar-refractivity contribution in [3.05, 3.63) is 106 Å². The fourth-order valence-electron chi connectivity index (χ4n) is 5.76. The first kappa shape index (κ1) is 25.3. The SMILES string of the molecule is O=C1N(Cc2ccc(C(F)(F)F)cc2)CC2c3c(c4ccccc4n3Cc3ccc(C(F)(F)F)cc3)CCN12. The van der Waals surface area contributed by atoms with E-state index in [2.05, 4.69) is 4.57 Å². The van der Waals surface area contributed by atoms with Gasteiger partial charge < -0.3 is 14.4 Å². The lowest BCUT2D eigenvalue weighted by atomic mass is 9.98. The highest BCUT2D eigenvalue weighted by molar-refractivity contribution is 5.88. The summed E-state index contributed by atoms with van der Waals surface area (Å²) < 4.78 is 80.2. The fourth-order valence-corrected chi connectivity index (χ4v) is 5.76. The van der Waals surface area contributed by atoms with Gasteiger partial charge in [-0.3, -0.25) is 0 Å². The zero-order valence-corrected chi connectivity index (χ0v) is 20.6. The van der Waals surface area contributed by atoms with Gasteiger partial charge in [-0.15, -0.1) is 0 Å². The maximum atomic E-state index is 13.4. The third-order valence-electron chi connectivity index (χ3n) is 7.60. The summed E-state index contributed by atoms with van der Waals surface area (Å²) in [6, 6.07) is 17.3. The second-order valence-corrected chi connectivity index (χ2v) is 9.98. The minimum absolute atomic E-state index is 0.179. The third kappa shape index (κ3) is 4.51. The van der Waals surface area contributed by atoms with Gasteiger partial charge in [-0.1, -0.05) is 42.5 Å². The molecule has 202 valence electrons. The Kier molecular flexibility index (Phi) is 5.89. The second-order valence-electron chi connectivity index (χ2n) is 9.98. The van der Waals surface area contributed by atoms with E-state index in [0.29, 0.717) is 37.2 Å². The lowest BCUT2D eigenvalue weighted by molar-refractivity contribution is -0.138. The van der Waals surface area contributed by atoms with E-state index in [4.69, 9.17) is 0 Å². The van der Waals surface area contributed by atoms with Crippen LogP contribution in [0.4, 0.5) is 31.1 Å². The number of hydrogen-bond acceptors (Lipinski definition) is 1. The number of benzene rings is 3. The molecular formula is C29H23F6N3O. The first-order chi connectivity index (χ1) is 18.5. The average Bonchev–Trinajstić information content (AvgIpc) is 3.38. The minimum atomic E-state index is -4.43. The number of nitrogens with zero attached hydrogens (tertiary/aromatic N) is 3. The maximum absolute atomic E-state index is 13.4. The molecule has 2 aliphatic heterocycles. The van der Waals surface area contributed by atoms with Crippen LogP contribution in [0, 0.1) is 0 Å². The van der Waals surface area contributed by atoms with Gasteiger partial charge in [0.2, 0.25) is 0 Å². The largest absolute Gasteiger partial charge is 0.416 e. The first-order valence-electron chi connectivity index (χ1n) is 12.5. The number of carbonyl (C=O) groups is 1. The van der Waals surface area contributed by atoms with Gasteiger partial charge in [0.05, 0.1) is 17.2 Å². The van der Waals surface area contributed by atoms with Crippen LogP contribution in [0.5, 0.6) is 0 Å². The molecule has 0 saturated carbocycles. The summed E-state index contributed by atoms with van der Waals surface area (Å²) in [6.45, 7) is 1.38. The van der Waals surface area contributed by atoms with Crippen molar-refractivity contribution >= 4 is 16.9 Å². The van der Waals surface area contributed by atoms with Gasteiger partial charge in [0.1, 0.15) is 0 Å². The predicted octanol–water partition coefficient (Wildman–Crippen LogP) is 7.26. The molecule has 1 saturated heterocycles. The molecular weight excluding hydrogens is 520 g/mol. The van der Waals surface area contributed by atoms with E-state index in [1.54, 1.807) is 9.80 Å². The summed E-state index contributed by atoms with van der Waals surface area (Å²) in [5.74, 6) is 0. The van der Waals surface area contributed by atoms with Crippen molar-refractivity contribution in [3.8, 4) is 0 Å². The summed E-state index contributed by atoms with van der Waals surface area (Å²) in [7, 11) is 0. The molecule has 3 aromatic carbocycles. The van der Waals surface area contributed by atoms with Crippen molar-refractivity contribution in [1.82, 2.24) is 14.4 Å². The Morgan fingerprint density at radius 3 is 1.90 bits per heavy atom. The van der Waals surface area contributed by atoms with Crippen LogP contribution in [0.15, 0.2) is 72.8 Å². The van der Waals surface area contributed by atoms with Gasteiger partial charge >= 0.3 is 18.4 Å². The second kappa shape index (κ2) is 9.07. The molecule has 0 bridgehead atoms. The predicted molar refractivity (Wildman–Crippen MR) is 133 cm³/mol. The molecule has 4 nitrogen and oxygen atoms in total. The summed E-state index contributed by atoms with van der Waals surface area (Å²) in [5.41, 5.74) is 2.86. The standard InChI is InChI=1S/C29H23F6N3O/c30-28(31,32)20-9-5-18(6-10-20)15-36-17-25-26-23(13-14-37(25)27(36)39)22-3-1-2-4-24(22)38(26)16-19-7-11-21(12-8-19)29(33,34)35/h1-12,25H,13-17H2. The van der Waals surface area contributed by atoms with E-state index in [0.717, 1.165) is 46.4 Å². The maximum Gasteiger partial charge on any atom is 0.416 e. The van der Waals surface area contributed by atoms with E-state index >= 15 is 0 Å². The lowest BCUT2D eigenvalue weighted by Crippen LogP contribution is -2.37. The minimum Gasteiger partial charge on any atom is -0.338 e. The van der Waals surface area contributed by atoms with E-state index in [1.807, 2.05) is 24.3 Å². The van der Waals surface area contributed by atoms with Gasteiger partial charge in [0, 0.05) is 42.8 Å². The van der Waals surface area contributed by atoms with Crippen LogP contribution >= 0.6 is 0 Å². The quantitative estimate of drug-likeness (QED) is 0.249. The Balaban J connectivity index is 1.33. The van der Waals surface area contributed by atoms with Crippen molar-refractivity contribution in [1.29, 1.82) is 0 Å². The molecule has 0 spiro atoms. The molecule has 2 amide bonds. The Morgan fingerprint density at radius 1 is 0.744 bits per heavy atom. The van der Waals surface area contributed by atoms with Crippen LogP contribution in [0.1, 0.15) is 39.6 Å². The van der Waals surface area contributed by atoms with E-state index in [-0.39, 0.29) is 18.6 Å². The molecule has 0 radical (unpaired) electrons. The molecule has 1 unspecified atom stereocenters. The van der Waals surface area contributed by atoms with Gasteiger partial charge in [0.25, 0.3) is 0 Å². The molecule has 0 aliphatic carbocycles. The highest BCUT2D eigenvalue weighted by Gasteiger charge is 2.43. The number of urea groups is 1. The van der Waals surface area contributed by atoms with E-state index < -0.39 is 23.5 Å². The Hall–Kier alpha value is -3.95. The van der Waals surface area contributed by atoms with Crippen LogP contribution in [0.25, 0.3) is 10.9 Å². The van der Waals surface area contributed by atoms with Gasteiger partial charge in [0.15, 0.2) is 0 Å². The number of halogens is 6. The summed E-state index contributed by atoms with van der Waals surface area (Å²) in [6.07, 6.45) is -8.22. The highest BCUT2D eigenvalue weighted by Crippen LogP contribution is 2.42. The third-order valence-corrected chi connectivity index (χ3v) is 7.60. The molecule has 4 aromatic rings. The number of carbonyl (C=O) groups excluding carboxylic acids is 1. The van der Waals surface area contributed by atoms with Crippen LogP contribution in [-0.2, 0) is 31.9 Å². The van der Waals surface area contributed by atoms with Gasteiger partial charge in [-0.05, 0) is 53.4 Å². The smallest absolute Gasteiger partial charge is 0.338 e. The number of fused-ring (bicyclic) bond motifs is 5. The molecule has 3 heterocycles. The van der Waals surface area contributed by atoms with Crippen LogP contribution in [0.2, 0.25) is 0 Å². The van der Waals surface area contributed by atoms with E-state index in [9.17, 15) is 31.1 Å². The van der Waals surface area contributed by atoms with Crippen molar-refractivity contribution in [2.75, 3.05) is 13.1 Å². The van der Waals surface area contributed by atoms with Gasteiger partial charge in [-0.2, -0.15) is 26.3 Å². The zero-order chi connectivity index (χ0) is 27.5. The van der Waals surface area contributed by atoms with Gasteiger partial charge in [-0.25, -0.2) is 4.79 Å². The average molecular weight is 544 g/mol. The van der Waals surface area contributed by atoms with Crippen molar-refractivity contribution in [2.45, 2.75) is 37.9 Å². The molecule has 6 rings (SSSR count). The summed E-state index contributed by atoms with van der Waals surface area (Å²) >= 11 is 0. The molecule has 1 atom stereocenters. The van der Waals surface area contributed by atoms with Crippen molar-refractivity contribution in [2.24, 2.45) is 0 Å². The Morgan fingerprint density at radius 2 is 1.31 bits per heavy atom. The molecule has 1 fully saturated rings. The normalized spacial score (nSPS) is 17.6. The number of alkyl halides is 6. The van der Waals surface area contributed by atoms with Crippen LogP contribution in [0.3, 0.4) is 0 Å².